The summed E-state index contributed by atoms with van der Waals surface area (Å²) < 4.78 is 5.34. The fourth-order valence-electron chi connectivity index (χ4n) is 1.05. The summed E-state index contributed by atoms with van der Waals surface area (Å²) in [5, 5.41) is 11.3. The van der Waals surface area contributed by atoms with Crippen molar-refractivity contribution in [1.29, 1.82) is 0 Å². The van der Waals surface area contributed by atoms with Crippen molar-refractivity contribution in [3.05, 3.63) is 30.1 Å². The summed E-state index contributed by atoms with van der Waals surface area (Å²) in [5.74, 6) is 0.0796. The zero-order valence-corrected chi connectivity index (χ0v) is 8.63. The maximum atomic E-state index is 8.39. The molecule has 1 aromatic rings. The lowest BCUT2D eigenvalue weighted by molar-refractivity contribution is 0.108. The largest absolute Gasteiger partial charge is 0.409 e. The number of nitrogens with two attached hydrogens (primary N) is 1. The van der Waals surface area contributed by atoms with Crippen LogP contribution in [0, 0.1) is 0 Å². The van der Waals surface area contributed by atoms with E-state index in [1.54, 1.807) is 13.1 Å². The quantitative estimate of drug-likeness (QED) is 0.325. The first-order valence-corrected chi connectivity index (χ1v) is 4.73. The van der Waals surface area contributed by atoms with Gasteiger partial charge in [0.25, 0.3) is 0 Å². The highest BCUT2D eigenvalue weighted by atomic mass is 16.5. The molecule has 1 aromatic heterocycles. The summed E-state index contributed by atoms with van der Waals surface area (Å²) >= 11 is 0. The molecule has 0 aliphatic carbocycles. The summed E-state index contributed by atoms with van der Waals surface area (Å²) in [6, 6.07) is 5.72. The van der Waals surface area contributed by atoms with Crippen LogP contribution in [0.4, 0.5) is 0 Å². The van der Waals surface area contributed by atoms with E-state index < -0.39 is 0 Å². The van der Waals surface area contributed by atoms with Crippen LogP contribution in [0.2, 0.25) is 0 Å². The Morgan fingerprint density at radius 3 is 3.07 bits per heavy atom. The van der Waals surface area contributed by atoms with Gasteiger partial charge < -0.3 is 15.7 Å². The second-order valence-electron chi connectivity index (χ2n) is 3.11. The predicted molar refractivity (Wildman–Crippen MR) is 56.8 cm³/mol. The zero-order chi connectivity index (χ0) is 11.1. The molecule has 0 amide bonds. The van der Waals surface area contributed by atoms with E-state index in [1.807, 2.05) is 18.2 Å². The van der Waals surface area contributed by atoms with Crippen LogP contribution in [-0.4, -0.2) is 28.7 Å². The third-order valence-corrected chi connectivity index (χ3v) is 1.98. The SMILES string of the molecule is CC(OCCc1ccccn1)C(N)=NO. The van der Waals surface area contributed by atoms with E-state index in [4.69, 9.17) is 15.7 Å². The maximum absolute atomic E-state index is 8.39. The molecule has 0 aliphatic rings. The minimum absolute atomic E-state index is 0.0796. The van der Waals surface area contributed by atoms with Crippen molar-refractivity contribution in [2.24, 2.45) is 10.9 Å². The van der Waals surface area contributed by atoms with Crippen molar-refractivity contribution in [1.82, 2.24) is 4.98 Å². The second kappa shape index (κ2) is 5.98. The molecule has 1 unspecified atom stereocenters. The Morgan fingerprint density at radius 1 is 1.67 bits per heavy atom. The zero-order valence-electron chi connectivity index (χ0n) is 8.63. The number of aromatic nitrogens is 1. The average Bonchev–Trinajstić information content (AvgIpc) is 2.29. The first-order chi connectivity index (χ1) is 7.24. The summed E-state index contributed by atoms with van der Waals surface area (Å²) in [6.07, 6.45) is 2.07. The van der Waals surface area contributed by atoms with E-state index in [0.29, 0.717) is 13.0 Å². The van der Waals surface area contributed by atoms with Gasteiger partial charge in [0.2, 0.25) is 0 Å². The molecule has 0 saturated heterocycles. The van der Waals surface area contributed by atoms with Crippen LogP contribution in [0.25, 0.3) is 0 Å². The van der Waals surface area contributed by atoms with Crippen LogP contribution in [0.1, 0.15) is 12.6 Å². The fraction of sp³-hybridized carbons (Fsp3) is 0.400. The Labute approximate surface area is 88.6 Å². The summed E-state index contributed by atoms with van der Waals surface area (Å²) in [5.41, 5.74) is 6.32. The average molecular weight is 209 g/mol. The number of oxime groups is 1. The van der Waals surface area contributed by atoms with E-state index in [-0.39, 0.29) is 11.9 Å². The summed E-state index contributed by atoms with van der Waals surface area (Å²) in [7, 11) is 0. The number of ether oxygens (including phenoxy) is 1. The maximum Gasteiger partial charge on any atom is 0.168 e. The fourth-order valence-corrected chi connectivity index (χ4v) is 1.05. The first-order valence-electron chi connectivity index (χ1n) is 4.73. The highest BCUT2D eigenvalue weighted by molar-refractivity contribution is 5.83. The molecule has 5 heteroatoms. The van der Waals surface area contributed by atoms with Crippen LogP contribution in [0.5, 0.6) is 0 Å². The lowest BCUT2D eigenvalue weighted by atomic mass is 10.3. The van der Waals surface area contributed by atoms with Crippen molar-refractivity contribution in [2.75, 3.05) is 6.61 Å². The van der Waals surface area contributed by atoms with Gasteiger partial charge >= 0.3 is 0 Å². The van der Waals surface area contributed by atoms with Gasteiger partial charge in [0, 0.05) is 18.3 Å². The number of hydrogen-bond acceptors (Lipinski definition) is 4. The molecule has 5 nitrogen and oxygen atoms in total. The number of rotatable bonds is 5. The standard InChI is InChI=1S/C10H15N3O2/c1-8(10(11)13-14)15-7-5-9-4-2-3-6-12-9/h2-4,6,8,14H,5,7H2,1H3,(H2,11,13). The molecule has 82 valence electrons. The molecule has 0 aliphatic heterocycles. The van der Waals surface area contributed by atoms with E-state index in [9.17, 15) is 0 Å². The normalized spacial score (nSPS) is 13.8. The Morgan fingerprint density at radius 2 is 2.47 bits per heavy atom. The minimum Gasteiger partial charge on any atom is -0.409 e. The lowest BCUT2D eigenvalue weighted by Gasteiger charge is -2.10. The third kappa shape index (κ3) is 3.95. The summed E-state index contributed by atoms with van der Waals surface area (Å²) in [6.45, 7) is 2.22. The molecule has 0 bridgehead atoms. The molecule has 1 heterocycles. The van der Waals surface area contributed by atoms with Crippen molar-refractivity contribution in [3.63, 3.8) is 0 Å². The van der Waals surface area contributed by atoms with Crippen molar-refractivity contribution in [2.45, 2.75) is 19.4 Å². The van der Waals surface area contributed by atoms with Crippen molar-refractivity contribution in [3.8, 4) is 0 Å². The molecule has 0 aromatic carbocycles. The van der Waals surface area contributed by atoms with Crippen LogP contribution in [0.3, 0.4) is 0 Å². The van der Waals surface area contributed by atoms with Gasteiger partial charge in [0.1, 0.15) is 6.10 Å². The smallest absolute Gasteiger partial charge is 0.168 e. The molecule has 1 atom stereocenters. The second-order valence-corrected chi connectivity index (χ2v) is 3.11. The number of amidine groups is 1. The number of nitrogens with zero attached hydrogens (tertiary/aromatic N) is 2. The van der Waals surface area contributed by atoms with Crippen molar-refractivity contribution >= 4 is 5.84 Å². The van der Waals surface area contributed by atoms with Crippen LogP contribution >= 0.6 is 0 Å². The predicted octanol–water partition coefficient (Wildman–Crippen LogP) is 0.776. The molecule has 0 fully saturated rings. The third-order valence-electron chi connectivity index (χ3n) is 1.98. The summed E-state index contributed by atoms with van der Waals surface area (Å²) in [4.78, 5) is 4.15. The van der Waals surface area contributed by atoms with Gasteiger partial charge in [-0.3, -0.25) is 4.98 Å². The molecular weight excluding hydrogens is 194 g/mol. The molecular formula is C10H15N3O2. The van der Waals surface area contributed by atoms with E-state index >= 15 is 0 Å². The number of hydrogen-bond donors (Lipinski definition) is 2. The monoisotopic (exact) mass is 209 g/mol. The number of pyridine rings is 1. The van der Waals surface area contributed by atoms with Gasteiger partial charge in [-0.1, -0.05) is 11.2 Å². The first kappa shape index (κ1) is 11.5. The van der Waals surface area contributed by atoms with Gasteiger partial charge in [0.05, 0.1) is 6.61 Å². The van der Waals surface area contributed by atoms with E-state index in [1.165, 1.54) is 0 Å². The Hall–Kier alpha value is -1.62. The molecule has 0 radical (unpaired) electrons. The van der Waals surface area contributed by atoms with Crippen LogP contribution in [-0.2, 0) is 11.2 Å². The molecule has 3 N–H and O–H groups in total. The highest BCUT2D eigenvalue weighted by Crippen LogP contribution is 1.97. The molecule has 0 spiro atoms. The van der Waals surface area contributed by atoms with Gasteiger partial charge in [0.15, 0.2) is 5.84 Å². The van der Waals surface area contributed by atoms with Crippen LogP contribution in [0.15, 0.2) is 29.6 Å². The Balaban J connectivity index is 2.28. The highest BCUT2D eigenvalue weighted by Gasteiger charge is 2.07. The lowest BCUT2D eigenvalue weighted by Crippen LogP contribution is -2.29. The molecule has 0 saturated carbocycles. The Kier molecular flexibility index (Phi) is 4.56. The van der Waals surface area contributed by atoms with Gasteiger partial charge in [-0.25, -0.2) is 0 Å². The van der Waals surface area contributed by atoms with Crippen molar-refractivity contribution < 1.29 is 9.94 Å². The minimum atomic E-state index is -0.376. The molecule has 1 rings (SSSR count). The van der Waals surface area contributed by atoms with Gasteiger partial charge in [-0.05, 0) is 19.1 Å². The topological polar surface area (TPSA) is 80.7 Å². The van der Waals surface area contributed by atoms with Gasteiger partial charge in [-0.15, -0.1) is 0 Å². The Bertz CT molecular complexity index is 314. The molecule has 15 heavy (non-hydrogen) atoms. The van der Waals surface area contributed by atoms with Crippen LogP contribution < -0.4 is 5.73 Å². The van der Waals surface area contributed by atoms with E-state index in [2.05, 4.69) is 10.1 Å². The van der Waals surface area contributed by atoms with E-state index in [0.717, 1.165) is 5.69 Å². The van der Waals surface area contributed by atoms with Gasteiger partial charge in [-0.2, -0.15) is 0 Å².